The number of thiophene rings is 1. The molecule has 1 rings (SSSR count). The highest BCUT2D eigenvalue weighted by atomic mass is 32.1. The van der Waals surface area contributed by atoms with Crippen LogP contribution in [-0.2, 0) is 0 Å². The van der Waals surface area contributed by atoms with E-state index in [0.717, 1.165) is 0 Å². The summed E-state index contributed by atoms with van der Waals surface area (Å²) in [6.45, 7) is 0. The molecule has 0 unspecified atom stereocenters. The van der Waals surface area contributed by atoms with Gasteiger partial charge in [0.2, 0.25) is 0 Å². The topological polar surface area (TPSA) is 73.5 Å². The lowest BCUT2D eigenvalue weighted by Gasteiger charge is -1.62. The van der Waals surface area contributed by atoms with Gasteiger partial charge in [-0.25, -0.2) is 4.79 Å². The first-order chi connectivity index (χ1) is 4.77. The maximum atomic E-state index is 9.01. The van der Waals surface area contributed by atoms with Crippen molar-refractivity contribution in [3.63, 3.8) is 0 Å². The Kier molecular flexibility index (Phi) is 5.17. The molecule has 0 saturated carbocycles. The van der Waals surface area contributed by atoms with Crippen LogP contribution in [0.5, 0.6) is 0 Å². The number of carbonyl (C=O) groups is 1. The van der Waals surface area contributed by atoms with E-state index in [1.807, 2.05) is 22.9 Å². The Balaban J connectivity index is 0.000000162. The summed E-state index contributed by atoms with van der Waals surface area (Å²) >= 11 is 1.71. The quantitative estimate of drug-likeness (QED) is 0.569. The van der Waals surface area contributed by atoms with Crippen LogP contribution in [0, 0.1) is 5.53 Å². The zero-order chi connectivity index (χ0) is 7.82. The van der Waals surface area contributed by atoms with Gasteiger partial charge in [0.25, 0.3) is 0 Å². The summed E-state index contributed by atoms with van der Waals surface area (Å²) < 4.78 is 0. The highest BCUT2D eigenvalue weighted by molar-refractivity contribution is 7.07. The van der Waals surface area contributed by atoms with Crippen LogP contribution in [0.2, 0.25) is 0 Å². The average Bonchev–Trinajstić information content (AvgIpc) is 2.43. The second-order valence-electron chi connectivity index (χ2n) is 1.19. The van der Waals surface area contributed by atoms with Crippen LogP contribution in [0.15, 0.2) is 28.0 Å². The molecule has 5 heteroatoms. The molecular weight excluding hydrogens is 152 g/mol. The van der Waals surface area contributed by atoms with Crippen molar-refractivity contribution in [1.29, 1.82) is 5.53 Å². The summed E-state index contributed by atoms with van der Waals surface area (Å²) in [5, 5.41) is 13.5. The summed E-state index contributed by atoms with van der Waals surface area (Å²) in [7, 11) is 0. The van der Waals surface area contributed by atoms with Gasteiger partial charge < -0.3 is 5.11 Å². The summed E-state index contributed by atoms with van der Waals surface area (Å²) in [5.74, 6) is 0. The minimum absolute atomic E-state index is 1.45. The third kappa shape index (κ3) is 6.77. The van der Waals surface area contributed by atoms with E-state index in [0.29, 0.717) is 0 Å². The van der Waals surface area contributed by atoms with Crippen molar-refractivity contribution in [3.8, 4) is 0 Å². The number of rotatable bonds is 0. The van der Waals surface area contributed by atoms with Crippen molar-refractivity contribution >= 4 is 17.4 Å². The molecule has 4 nitrogen and oxygen atoms in total. The highest BCUT2D eigenvalue weighted by Gasteiger charge is 1.77. The van der Waals surface area contributed by atoms with E-state index in [1.54, 1.807) is 11.3 Å². The summed E-state index contributed by atoms with van der Waals surface area (Å²) in [5.41, 5.74) is 5.68. The molecule has 1 heterocycles. The van der Waals surface area contributed by atoms with E-state index in [4.69, 9.17) is 15.4 Å². The van der Waals surface area contributed by atoms with E-state index < -0.39 is 6.09 Å². The number of hydrogen-bond donors (Lipinski definition) is 2. The SMILES string of the molecule is N=NC(=O)O.c1ccsc1. The van der Waals surface area contributed by atoms with Crippen LogP contribution >= 0.6 is 11.3 Å². The van der Waals surface area contributed by atoms with Gasteiger partial charge in [-0.2, -0.15) is 16.9 Å². The molecule has 0 radical (unpaired) electrons. The minimum Gasteiger partial charge on any atom is -0.462 e. The molecule has 10 heavy (non-hydrogen) atoms. The maximum absolute atomic E-state index is 9.01. The monoisotopic (exact) mass is 158 g/mol. The van der Waals surface area contributed by atoms with Crippen molar-refractivity contribution in [1.82, 2.24) is 0 Å². The Morgan fingerprint density at radius 3 is 2.00 bits per heavy atom. The maximum Gasteiger partial charge on any atom is 0.449 e. The molecule has 0 aromatic carbocycles. The van der Waals surface area contributed by atoms with Crippen molar-refractivity contribution in [3.05, 3.63) is 22.9 Å². The third-order valence-corrected chi connectivity index (χ3v) is 1.15. The average molecular weight is 158 g/mol. The summed E-state index contributed by atoms with van der Waals surface area (Å²) in [6.07, 6.45) is -1.45. The van der Waals surface area contributed by atoms with Crippen molar-refractivity contribution < 1.29 is 9.90 Å². The molecule has 0 aliphatic carbocycles. The Labute approximate surface area is 61.6 Å². The van der Waals surface area contributed by atoms with Crippen molar-refractivity contribution in [2.75, 3.05) is 0 Å². The number of hydrogen-bond acceptors (Lipinski definition) is 3. The second-order valence-corrected chi connectivity index (χ2v) is 2.00. The Hall–Kier alpha value is -1.23. The van der Waals surface area contributed by atoms with E-state index in [9.17, 15) is 0 Å². The van der Waals surface area contributed by atoms with Crippen LogP contribution < -0.4 is 0 Å². The number of amides is 1. The predicted octanol–water partition coefficient (Wildman–Crippen LogP) is 2.44. The Morgan fingerprint density at radius 2 is 1.90 bits per heavy atom. The van der Waals surface area contributed by atoms with Gasteiger partial charge in [0.1, 0.15) is 0 Å². The molecule has 0 atom stereocenters. The van der Waals surface area contributed by atoms with E-state index in [-0.39, 0.29) is 0 Å². The fourth-order valence-electron chi connectivity index (χ4n) is 0.227. The first kappa shape index (κ1) is 8.77. The molecule has 0 aliphatic heterocycles. The van der Waals surface area contributed by atoms with Gasteiger partial charge in [-0.05, 0) is 10.8 Å². The van der Waals surface area contributed by atoms with E-state index in [1.165, 1.54) is 0 Å². The first-order valence-corrected chi connectivity index (χ1v) is 3.29. The molecule has 1 aromatic heterocycles. The number of nitrogens with zero attached hydrogens (tertiary/aromatic N) is 1. The number of carboxylic acid groups (broad SMARTS) is 1. The fraction of sp³-hybridized carbons (Fsp3) is 0. The fourth-order valence-corrected chi connectivity index (χ4v) is 0.680. The molecule has 1 amide bonds. The van der Waals surface area contributed by atoms with Crippen LogP contribution in [0.1, 0.15) is 0 Å². The standard InChI is InChI=1S/C4H4S.CH2N2O2/c1-2-4-5-3-1;2-3-1(4)5/h1-4H;2H,(H,4,5). The first-order valence-electron chi connectivity index (χ1n) is 2.35. The van der Waals surface area contributed by atoms with Crippen molar-refractivity contribution in [2.24, 2.45) is 5.11 Å². The predicted molar refractivity (Wildman–Crippen MR) is 37.5 cm³/mol. The molecule has 2 N–H and O–H groups in total. The molecular formula is C5H6N2O2S. The van der Waals surface area contributed by atoms with Gasteiger partial charge in [0, 0.05) is 0 Å². The highest BCUT2D eigenvalue weighted by Crippen LogP contribution is 1.91. The zero-order valence-electron chi connectivity index (χ0n) is 5.02. The zero-order valence-corrected chi connectivity index (χ0v) is 5.84. The van der Waals surface area contributed by atoms with E-state index >= 15 is 0 Å². The molecule has 0 saturated heterocycles. The Morgan fingerprint density at radius 1 is 1.50 bits per heavy atom. The smallest absolute Gasteiger partial charge is 0.449 e. The second kappa shape index (κ2) is 5.90. The third-order valence-electron chi connectivity index (χ3n) is 0.521. The van der Waals surface area contributed by atoms with Crippen LogP contribution in [0.3, 0.4) is 0 Å². The lowest BCUT2D eigenvalue weighted by molar-refractivity contribution is 0.203. The molecule has 54 valence electrons. The summed E-state index contributed by atoms with van der Waals surface area (Å²) in [6, 6.07) is 4.04. The Bertz CT molecular complexity index is 168. The van der Waals surface area contributed by atoms with Gasteiger partial charge in [0.05, 0.1) is 0 Å². The van der Waals surface area contributed by atoms with Gasteiger partial charge in [-0.3, -0.25) is 0 Å². The van der Waals surface area contributed by atoms with Gasteiger partial charge >= 0.3 is 6.09 Å². The molecule has 1 aromatic rings. The lowest BCUT2D eigenvalue weighted by atomic mass is 10.7. The molecule has 0 bridgehead atoms. The van der Waals surface area contributed by atoms with Gasteiger partial charge in [0.15, 0.2) is 0 Å². The van der Waals surface area contributed by atoms with E-state index in [2.05, 4.69) is 5.11 Å². The van der Waals surface area contributed by atoms with Gasteiger partial charge in [-0.1, -0.05) is 17.2 Å². The largest absolute Gasteiger partial charge is 0.462 e. The molecule has 0 spiro atoms. The van der Waals surface area contributed by atoms with Crippen LogP contribution in [-0.4, -0.2) is 11.2 Å². The summed E-state index contributed by atoms with van der Waals surface area (Å²) in [4.78, 5) is 9.01. The van der Waals surface area contributed by atoms with Crippen LogP contribution in [0.4, 0.5) is 4.79 Å². The van der Waals surface area contributed by atoms with Gasteiger partial charge in [-0.15, -0.1) is 0 Å². The normalized spacial score (nSPS) is 7.20. The lowest BCUT2D eigenvalue weighted by Crippen LogP contribution is -1.77. The van der Waals surface area contributed by atoms with Crippen molar-refractivity contribution in [2.45, 2.75) is 0 Å². The number of nitrogens with one attached hydrogen (secondary N) is 1. The molecule has 0 fully saturated rings. The molecule has 0 aliphatic rings. The minimum atomic E-state index is -1.45. The van der Waals surface area contributed by atoms with Crippen LogP contribution in [0.25, 0.3) is 0 Å².